The van der Waals surface area contributed by atoms with Gasteiger partial charge in [0, 0.05) is 12.1 Å². The number of carbonyl (C=O) groups is 1. The monoisotopic (exact) mass is 281 g/mol. The fraction of sp³-hybridized carbons (Fsp3) is 0.533. The van der Waals surface area contributed by atoms with Crippen LogP contribution < -0.4 is 14.8 Å². The molecule has 20 heavy (non-hydrogen) atoms. The third kappa shape index (κ3) is 4.74. The van der Waals surface area contributed by atoms with E-state index < -0.39 is 6.10 Å². The van der Waals surface area contributed by atoms with Crippen molar-refractivity contribution in [1.29, 1.82) is 0 Å². The smallest absolute Gasteiger partial charge is 0.260 e. The lowest BCUT2D eigenvalue weighted by atomic mass is 10.2. The lowest BCUT2D eigenvalue weighted by Gasteiger charge is -2.17. The van der Waals surface area contributed by atoms with Crippen LogP contribution in [0.4, 0.5) is 0 Å². The van der Waals surface area contributed by atoms with Crippen molar-refractivity contribution < 1.29 is 19.4 Å². The lowest BCUT2D eigenvalue weighted by molar-refractivity contribution is -0.127. The Balaban J connectivity index is 2.65. The summed E-state index contributed by atoms with van der Waals surface area (Å²) in [6.07, 6.45) is 1.37. The Labute approximate surface area is 119 Å². The van der Waals surface area contributed by atoms with Gasteiger partial charge in [0.05, 0.1) is 13.7 Å². The summed E-state index contributed by atoms with van der Waals surface area (Å²) in [5.41, 5.74) is 0.595. The average molecular weight is 281 g/mol. The number of nitrogens with one attached hydrogen (secondary N) is 1. The molecule has 1 rings (SSSR count). The van der Waals surface area contributed by atoms with Crippen molar-refractivity contribution >= 4 is 5.91 Å². The minimum absolute atomic E-state index is 0.154. The molecule has 112 valence electrons. The highest BCUT2D eigenvalue weighted by Crippen LogP contribution is 2.25. The van der Waals surface area contributed by atoms with E-state index in [1.807, 2.05) is 0 Å². The van der Waals surface area contributed by atoms with Crippen molar-refractivity contribution in [2.24, 2.45) is 0 Å². The molecule has 2 N–H and O–H groups in total. The van der Waals surface area contributed by atoms with Gasteiger partial charge in [0.15, 0.2) is 6.10 Å². The van der Waals surface area contributed by atoms with E-state index in [-0.39, 0.29) is 12.5 Å². The van der Waals surface area contributed by atoms with Crippen molar-refractivity contribution in [1.82, 2.24) is 5.32 Å². The predicted molar refractivity (Wildman–Crippen MR) is 76.9 cm³/mol. The molecule has 0 radical (unpaired) electrons. The zero-order valence-electron chi connectivity index (χ0n) is 12.3. The van der Waals surface area contributed by atoms with E-state index in [1.54, 1.807) is 32.2 Å². The Hall–Kier alpha value is -1.75. The molecular weight excluding hydrogens is 258 g/mol. The van der Waals surface area contributed by atoms with E-state index in [0.717, 1.165) is 12.8 Å². The van der Waals surface area contributed by atoms with Gasteiger partial charge >= 0.3 is 0 Å². The summed E-state index contributed by atoms with van der Waals surface area (Å²) in [6.45, 7) is 4.23. The Morgan fingerprint density at radius 3 is 2.80 bits per heavy atom. The summed E-state index contributed by atoms with van der Waals surface area (Å²) >= 11 is 0. The Morgan fingerprint density at radius 1 is 1.45 bits per heavy atom. The molecule has 1 amide bonds. The maximum absolute atomic E-state index is 11.8. The number of benzene rings is 1. The van der Waals surface area contributed by atoms with Gasteiger partial charge in [0.1, 0.15) is 11.5 Å². The van der Waals surface area contributed by atoms with Crippen LogP contribution in [0, 0.1) is 0 Å². The number of aliphatic hydroxyl groups is 1. The summed E-state index contributed by atoms with van der Waals surface area (Å²) in [6, 6.07) is 5.12. The molecule has 1 atom stereocenters. The van der Waals surface area contributed by atoms with Gasteiger partial charge in [-0.2, -0.15) is 0 Å². The van der Waals surface area contributed by atoms with Gasteiger partial charge in [-0.1, -0.05) is 13.3 Å². The molecule has 0 aliphatic heterocycles. The molecule has 1 aromatic carbocycles. The van der Waals surface area contributed by atoms with E-state index in [4.69, 9.17) is 9.47 Å². The number of amides is 1. The SMILES string of the molecule is CCCCNC(=O)C(C)Oc1ccc(OC)cc1CO. The average Bonchev–Trinajstić information content (AvgIpc) is 2.47. The normalized spacial score (nSPS) is 11.8. The molecule has 0 aliphatic carbocycles. The minimum Gasteiger partial charge on any atom is -0.497 e. The molecule has 0 aromatic heterocycles. The maximum atomic E-state index is 11.8. The summed E-state index contributed by atoms with van der Waals surface area (Å²) in [5.74, 6) is 0.978. The minimum atomic E-state index is -0.606. The topological polar surface area (TPSA) is 67.8 Å². The molecule has 0 saturated carbocycles. The van der Waals surface area contributed by atoms with Gasteiger partial charge in [0.25, 0.3) is 5.91 Å². The predicted octanol–water partition coefficient (Wildman–Crippen LogP) is 1.87. The van der Waals surface area contributed by atoms with E-state index in [0.29, 0.717) is 23.6 Å². The zero-order chi connectivity index (χ0) is 15.0. The molecule has 0 bridgehead atoms. The van der Waals surface area contributed by atoms with Crippen molar-refractivity contribution in [3.63, 3.8) is 0 Å². The Morgan fingerprint density at radius 2 is 2.20 bits per heavy atom. The van der Waals surface area contributed by atoms with Crippen LogP contribution in [0.2, 0.25) is 0 Å². The Bertz CT molecular complexity index is 434. The van der Waals surface area contributed by atoms with Crippen LogP contribution in [0.3, 0.4) is 0 Å². The molecular formula is C15H23NO4. The Kier molecular flexibility index (Phi) is 6.87. The molecule has 1 unspecified atom stereocenters. The van der Waals surface area contributed by atoms with Gasteiger partial charge in [-0.25, -0.2) is 0 Å². The van der Waals surface area contributed by atoms with Gasteiger partial charge in [-0.05, 0) is 31.5 Å². The van der Waals surface area contributed by atoms with Gasteiger partial charge in [0.2, 0.25) is 0 Å². The van der Waals surface area contributed by atoms with Crippen LogP contribution in [0.15, 0.2) is 18.2 Å². The van der Waals surface area contributed by atoms with E-state index in [2.05, 4.69) is 12.2 Å². The van der Waals surface area contributed by atoms with Gasteiger partial charge < -0.3 is 19.9 Å². The molecule has 0 heterocycles. The van der Waals surface area contributed by atoms with Crippen LogP contribution in [-0.2, 0) is 11.4 Å². The number of carbonyl (C=O) groups excluding carboxylic acids is 1. The molecule has 5 heteroatoms. The van der Waals surface area contributed by atoms with Crippen LogP contribution >= 0.6 is 0 Å². The standard InChI is InChI=1S/C15H23NO4/c1-4-5-8-16-15(18)11(2)20-14-7-6-13(19-3)9-12(14)10-17/h6-7,9,11,17H,4-5,8,10H2,1-3H3,(H,16,18). The third-order valence-corrected chi connectivity index (χ3v) is 2.94. The molecule has 5 nitrogen and oxygen atoms in total. The second-order valence-corrected chi connectivity index (χ2v) is 4.54. The van der Waals surface area contributed by atoms with E-state index in [9.17, 15) is 9.90 Å². The first kappa shape index (κ1) is 16.3. The first-order valence-electron chi connectivity index (χ1n) is 6.84. The molecule has 0 aliphatic rings. The summed E-state index contributed by atoms with van der Waals surface area (Å²) in [4.78, 5) is 11.8. The second-order valence-electron chi connectivity index (χ2n) is 4.54. The second kappa shape index (κ2) is 8.43. The number of rotatable bonds is 8. The number of hydrogen-bond acceptors (Lipinski definition) is 4. The van der Waals surface area contributed by atoms with Crippen molar-refractivity contribution in [2.45, 2.75) is 39.4 Å². The highest BCUT2D eigenvalue weighted by Gasteiger charge is 2.16. The van der Waals surface area contributed by atoms with Gasteiger partial charge in [-0.15, -0.1) is 0 Å². The summed E-state index contributed by atoms with van der Waals surface area (Å²) < 4.78 is 10.7. The quantitative estimate of drug-likeness (QED) is 0.714. The van der Waals surface area contributed by atoms with Crippen molar-refractivity contribution in [3.8, 4) is 11.5 Å². The largest absolute Gasteiger partial charge is 0.497 e. The third-order valence-electron chi connectivity index (χ3n) is 2.94. The fourth-order valence-corrected chi connectivity index (χ4v) is 1.70. The number of unbranched alkanes of at least 4 members (excludes halogenated alkanes) is 1. The molecule has 1 aromatic rings. The van der Waals surface area contributed by atoms with Crippen LogP contribution in [0.1, 0.15) is 32.3 Å². The highest BCUT2D eigenvalue weighted by molar-refractivity contribution is 5.80. The molecule has 0 spiro atoms. The molecule has 0 fully saturated rings. The van der Waals surface area contributed by atoms with Crippen LogP contribution in [-0.4, -0.2) is 30.8 Å². The number of methoxy groups -OCH3 is 1. The number of hydrogen-bond donors (Lipinski definition) is 2. The first-order valence-corrected chi connectivity index (χ1v) is 6.84. The summed E-state index contributed by atoms with van der Waals surface area (Å²) in [5, 5.41) is 12.1. The zero-order valence-corrected chi connectivity index (χ0v) is 12.3. The van der Waals surface area contributed by atoms with E-state index in [1.165, 1.54) is 0 Å². The fourth-order valence-electron chi connectivity index (χ4n) is 1.70. The van der Waals surface area contributed by atoms with E-state index >= 15 is 0 Å². The number of ether oxygens (including phenoxy) is 2. The lowest BCUT2D eigenvalue weighted by Crippen LogP contribution is -2.36. The van der Waals surface area contributed by atoms with Crippen LogP contribution in [0.25, 0.3) is 0 Å². The van der Waals surface area contributed by atoms with Crippen LogP contribution in [0.5, 0.6) is 11.5 Å². The van der Waals surface area contributed by atoms with Crippen molar-refractivity contribution in [2.75, 3.05) is 13.7 Å². The first-order chi connectivity index (χ1) is 9.62. The summed E-state index contributed by atoms with van der Waals surface area (Å²) in [7, 11) is 1.56. The maximum Gasteiger partial charge on any atom is 0.260 e. The van der Waals surface area contributed by atoms with Gasteiger partial charge in [-0.3, -0.25) is 4.79 Å². The van der Waals surface area contributed by atoms with Crippen molar-refractivity contribution in [3.05, 3.63) is 23.8 Å². The molecule has 0 saturated heterocycles. The number of aliphatic hydroxyl groups excluding tert-OH is 1. The highest BCUT2D eigenvalue weighted by atomic mass is 16.5.